The van der Waals surface area contributed by atoms with Gasteiger partial charge in [0.1, 0.15) is 42.2 Å². The highest BCUT2D eigenvalue weighted by atomic mass is 32.1. The van der Waals surface area contributed by atoms with E-state index in [1.165, 1.54) is 6.92 Å². The molecule has 0 unspecified atom stereocenters. The minimum atomic E-state index is -0.353. The zero-order chi connectivity index (χ0) is 42.6. The third kappa shape index (κ3) is 24.0. The van der Waals surface area contributed by atoms with Crippen LogP contribution in [0.2, 0.25) is 0 Å². The fraction of sp³-hybridized carbons (Fsp3) is 0.283. The molecule has 0 saturated carbocycles. The Morgan fingerprint density at radius 2 is 1.17 bits per heavy atom. The van der Waals surface area contributed by atoms with Gasteiger partial charge >= 0.3 is 5.97 Å². The predicted octanol–water partition coefficient (Wildman–Crippen LogP) is 12.3. The highest BCUT2D eigenvalue weighted by Crippen LogP contribution is 2.41. The third-order valence-corrected chi connectivity index (χ3v) is 6.19. The van der Waals surface area contributed by atoms with Gasteiger partial charge < -0.3 is 18.9 Å². The molecule has 0 heterocycles. The molecule has 8 heteroatoms. The lowest BCUT2D eigenvalue weighted by atomic mass is 9.93. The molecule has 0 bridgehead atoms. The molecule has 0 aromatic heterocycles. The minimum absolute atomic E-state index is 0.353. The number of allylic oxidation sites excluding steroid dienone is 6. The number of hydrogen-bond acceptors (Lipinski definition) is 8. The number of esters is 1. The smallest absolute Gasteiger partial charge is 0.308 e. The molecule has 0 amide bonds. The molecule has 0 spiro atoms. The molecule has 0 fully saturated rings. The van der Waals surface area contributed by atoms with Gasteiger partial charge in [0.15, 0.2) is 0 Å². The van der Waals surface area contributed by atoms with Crippen LogP contribution < -0.4 is 18.9 Å². The topological polar surface area (TPSA) is 88.1 Å². The lowest BCUT2D eigenvalue weighted by Crippen LogP contribution is -2.01. The van der Waals surface area contributed by atoms with Crippen LogP contribution in [0.4, 0.5) is 0 Å². The summed E-state index contributed by atoms with van der Waals surface area (Å²) in [5.74, 6) is 2.44. The molecule has 54 heavy (non-hydrogen) atoms. The first-order valence-corrected chi connectivity index (χ1v) is 18.0. The molecular formula is C46H64O7S. The second-order valence-electron chi connectivity index (χ2n) is 10.4. The van der Waals surface area contributed by atoms with Gasteiger partial charge in [-0.05, 0) is 118 Å². The normalized spacial score (nSPS) is 9.35. The van der Waals surface area contributed by atoms with Gasteiger partial charge in [0.2, 0.25) is 0 Å². The molecule has 3 aromatic rings. The van der Waals surface area contributed by atoms with Crippen molar-refractivity contribution in [2.45, 2.75) is 62.3 Å². The van der Waals surface area contributed by atoms with Crippen LogP contribution >= 0.6 is 12.6 Å². The minimum Gasteiger partial charge on any atom is -0.497 e. The quantitative estimate of drug-likeness (QED) is 0.0396. The van der Waals surface area contributed by atoms with E-state index in [9.17, 15) is 14.4 Å². The van der Waals surface area contributed by atoms with Gasteiger partial charge in [-0.15, -0.1) is 19.7 Å². The Kier molecular flexibility index (Phi) is 37.0. The van der Waals surface area contributed by atoms with Crippen LogP contribution in [-0.4, -0.2) is 45.6 Å². The average Bonchev–Trinajstić information content (AvgIpc) is 3.20. The van der Waals surface area contributed by atoms with Crippen molar-refractivity contribution < 1.29 is 33.3 Å². The summed E-state index contributed by atoms with van der Waals surface area (Å²) < 4.78 is 22.4. The van der Waals surface area contributed by atoms with E-state index in [2.05, 4.69) is 59.4 Å². The van der Waals surface area contributed by atoms with Gasteiger partial charge in [-0.1, -0.05) is 69.5 Å². The number of carbonyl (C=O) groups is 3. The number of aldehydes is 2. The zero-order valence-electron chi connectivity index (χ0n) is 34.7. The van der Waals surface area contributed by atoms with Gasteiger partial charge in [0.05, 0.1) is 14.2 Å². The number of hydrogen-bond donors (Lipinski definition) is 1. The van der Waals surface area contributed by atoms with Gasteiger partial charge in [-0.3, -0.25) is 14.4 Å². The maximum atomic E-state index is 11.3. The van der Waals surface area contributed by atoms with Gasteiger partial charge in [0.25, 0.3) is 0 Å². The summed E-state index contributed by atoms with van der Waals surface area (Å²) in [6.45, 7) is 33.2. The Balaban J connectivity index is -0.000000552. The first kappa shape index (κ1) is 55.4. The van der Waals surface area contributed by atoms with Crippen molar-refractivity contribution in [3.8, 4) is 34.1 Å². The predicted molar refractivity (Wildman–Crippen MR) is 236 cm³/mol. The van der Waals surface area contributed by atoms with Crippen LogP contribution in [0.3, 0.4) is 0 Å². The van der Waals surface area contributed by atoms with Gasteiger partial charge in [0, 0.05) is 18.1 Å². The maximum absolute atomic E-state index is 11.3. The monoisotopic (exact) mass is 760 g/mol. The molecule has 0 saturated heterocycles. The van der Waals surface area contributed by atoms with E-state index in [1.54, 1.807) is 52.5 Å². The molecule has 0 atom stereocenters. The number of rotatable bonds is 11. The molecular weight excluding hydrogens is 697 g/mol. The Labute approximate surface area is 332 Å². The second kappa shape index (κ2) is 36.0. The molecule has 0 N–H and O–H groups in total. The molecule has 3 aromatic carbocycles. The Morgan fingerprint density at radius 1 is 0.722 bits per heavy atom. The van der Waals surface area contributed by atoms with Crippen molar-refractivity contribution >= 4 is 42.3 Å². The van der Waals surface area contributed by atoms with Crippen LogP contribution in [0.1, 0.15) is 73.4 Å². The molecule has 3 rings (SSSR count). The summed E-state index contributed by atoms with van der Waals surface area (Å²) in [4.78, 5) is 30.1. The molecule has 296 valence electrons. The van der Waals surface area contributed by atoms with E-state index in [-0.39, 0.29) is 5.97 Å². The van der Waals surface area contributed by atoms with E-state index >= 15 is 0 Å². The van der Waals surface area contributed by atoms with E-state index in [0.717, 1.165) is 63.2 Å². The van der Waals surface area contributed by atoms with Crippen molar-refractivity contribution in [3.05, 3.63) is 134 Å². The lowest BCUT2D eigenvalue weighted by molar-refractivity contribution is -0.131. The molecule has 0 radical (unpaired) electrons. The average molecular weight is 761 g/mol. The van der Waals surface area contributed by atoms with Crippen molar-refractivity contribution in [2.24, 2.45) is 0 Å². The Bertz CT molecular complexity index is 1560. The van der Waals surface area contributed by atoms with Gasteiger partial charge in [-0.25, -0.2) is 0 Å². The number of thiol groups is 1. The van der Waals surface area contributed by atoms with E-state index < -0.39 is 0 Å². The summed E-state index contributed by atoms with van der Waals surface area (Å²) in [5, 5.41) is 0. The van der Waals surface area contributed by atoms with E-state index in [0.29, 0.717) is 23.5 Å². The van der Waals surface area contributed by atoms with Crippen LogP contribution in [0.25, 0.3) is 22.3 Å². The van der Waals surface area contributed by atoms with Crippen molar-refractivity contribution in [1.29, 1.82) is 0 Å². The SMILES string of the molecule is C/C=C/COc1cc(-c2ccc(OC(C)=O)cc2)c(OC)cc1/C(C)=C(\C)c1ccc(OC)cc1.C=C.C=C(C)C=O.C=C(C)C=O.C=CC.CC.CS. The first-order valence-electron chi connectivity index (χ1n) is 17.1. The zero-order valence-corrected chi connectivity index (χ0v) is 35.6. The van der Waals surface area contributed by atoms with Crippen molar-refractivity contribution in [2.75, 3.05) is 27.1 Å². The summed E-state index contributed by atoms with van der Waals surface area (Å²) in [5.41, 5.74) is 7.23. The lowest BCUT2D eigenvalue weighted by Gasteiger charge is -2.18. The van der Waals surface area contributed by atoms with Crippen LogP contribution in [0.5, 0.6) is 23.0 Å². The van der Waals surface area contributed by atoms with Crippen LogP contribution in [0, 0.1) is 0 Å². The molecule has 7 nitrogen and oxygen atoms in total. The van der Waals surface area contributed by atoms with E-state index in [4.69, 9.17) is 18.9 Å². The standard InChI is InChI=1S/C30H32O5.2C4H6O.C3H6.C2H6.C2H4.CH4S/c1-7-8-17-34-30-19-28(24-11-15-26(16-12-24)35-22(4)31)29(33-6)18-27(30)21(3)20(2)23-9-13-25(32-5)14-10-23;2*1-4(2)3-5;1-3-2;3*1-2/h7-16,18-19H,17H2,1-6H3;2*3H,1H2,2H3;3H,1H2,2H3;1-2H3;1-2H2;2H,1H3/b8-7+,21-20+;;;;;;. The summed E-state index contributed by atoms with van der Waals surface area (Å²) in [7, 11) is 3.32. The van der Waals surface area contributed by atoms with Gasteiger partial charge in [-0.2, -0.15) is 12.6 Å². The molecule has 0 aliphatic heterocycles. The Morgan fingerprint density at radius 3 is 1.54 bits per heavy atom. The van der Waals surface area contributed by atoms with E-state index in [1.807, 2.05) is 88.4 Å². The fourth-order valence-corrected chi connectivity index (χ4v) is 3.73. The number of benzene rings is 3. The molecule has 0 aliphatic carbocycles. The second-order valence-corrected chi connectivity index (χ2v) is 10.4. The van der Waals surface area contributed by atoms with Crippen LogP contribution in [0.15, 0.2) is 123 Å². The number of methoxy groups -OCH3 is 2. The highest BCUT2D eigenvalue weighted by Gasteiger charge is 2.17. The fourth-order valence-electron chi connectivity index (χ4n) is 3.73. The third-order valence-electron chi connectivity index (χ3n) is 6.19. The summed E-state index contributed by atoms with van der Waals surface area (Å²) in [6.07, 6.45) is 8.82. The number of carbonyl (C=O) groups excluding carboxylic acids is 3. The van der Waals surface area contributed by atoms with Crippen molar-refractivity contribution in [1.82, 2.24) is 0 Å². The van der Waals surface area contributed by atoms with Crippen molar-refractivity contribution in [3.63, 3.8) is 0 Å². The number of ether oxygens (including phenoxy) is 4. The Hall–Kier alpha value is -5.34. The molecule has 0 aliphatic rings. The largest absolute Gasteiger partial charge is 0.497 e. The maximum Gasteiger partial charge on any atom is 0.308 e. The summed E-state index contributed by atoms with van der Waals surface area (Å²) >= 11 is 3.53. The first-order chi connectivity index (χ1) is 25.8. The van der Waals surface area contributed by atoms with Crippen LogP contribution in [-0.2, 0) is 14.4 Å². The summed E-state index contributed by atoms with van der Waals surface area (Å²) in [6, 6.07) is 19.4. The highest BCUT2D eigenvalue weighted by molar-refractivity contribution is 7.79.